The van der Waals surface area contributed by atoms with E-state index in [1.54, 1.807) is 0 Å². The number of rotatable bonds is 6. The third-order valence-electron chi connectivity index (χ3n) is 3.94. The van der Waals surface area contributed by atoms with Crippen LogP contribution in [-0.4, -0.2) is 29.5 Å². The molecule has 22 heavy (non-hydrogen) atoms. The molecule has 0 aliphatic rings. The highest BCUT2D eigenvalue weighted by Crippen LogP contribution is 2.29. The number of ether oxygens (including phenoxy) is 1. The first kappa shape index (κ1) is 15.0. The monoisotopic (exact) mass is 296 g/mol. The van der Waals surface area contributed by atoms with Crippen LogP contribution in [0.2, 0.25) is 0 Å². The molecule has 0 aliphatic carbocycles. The molecule has 1 atom stereocenters. The van der Waals surface area contributed by atoms with E-state index in [0.29, 0.717) is 19.6 Å². The van der Waals surface area contributed by atoms with Crippen molar-refractivity contribution in [2.45, 2.75) is 19.1 Å². The summed E-state index contributed by atoms with van der Waals surface area (Å²) in [5.74, 6) is 0. The summed E-state index contributed by atoms with van der Waals surface area (Å²) in [4.78, 5) is 0. The Bertz CT molecular complexity index is 713. The van der Waals surface area contributed by atoms with Crippen molar-refractivity contribution in [1.29, 1.82) is 0 Å². The van der Waals surface area contributed by atoms with Crippen molar-refractivity contribution in [3.8, 4) is 0 Å². The minimum absolute atomic E-state index is 0.222. The van der Waals surface area contributed by atoms with Crippen molar-refractivity contribution in [3.63, 3.8) is 0 Å². The van der Waals surface area contributed by atoms with Crippen LogP contribution in [0.5, 0.6) is 0 Å². The molecular weight excluding hydrogens is 276 g/mol. The quantitative estimate of drug-likeness (QED) is 0.542. The molecule has 0 saturated heterocycles. The average Bonchev–Trinajstić information content (AvgIpc) is 2.57. The predicted octanol–water partition coefficient (Wildman–Crippen LogP) is 3.25. The topological polar surface area (TPSA) is 49.7 Å². The lowest BCUT2D eigenvalue weighted by Crippen LogP contribution is -2.14. The van der Waals surface area contributed by atoms with Crippen molar-refractivity contribution in [2.75, 3.05) is 13.2 Å². The SMILES string of the molecule is OC[C@@H](O)CCOCc1c2ccccc2cc2ccccc12. The third kappa shape index (κ3) is 3.12. The zero-order chi connectivity index (χ0) is 15.4. The zero-order valence-corrected chi connectivity index (χ0v) is 12.4. The van der Waals surface area contributed by atoms with E-state index in [-0.39, 0.29) is 6.61 Å². The first-order chi connectivity index (χ1) is 10.8. The van der Waals surface area contributed by atoms with Gasteiger partial charge in [-0.05, 0) is 39.6 Å². The molecule has 0 aliphatic heterocycles. The van der Waals surface area contributed by atoms with E-state index < -0.39 is 6.10 Å². The molecule has 3 aromatic carbocycles. The number of fused-ring (bicyclic) bond motifs is 2. The van der Waals surface area contributed by atoms with Crippen LogP contribution >= 0.6 is 0 Å². The van der Waals surface area contributed by atoms with Crippen LogP contribution in [-0.2, 0) is 11.3 Å². The van der Waals surface area contributed by atoms with E-state index in [1.165, 1.54) is 27.1 Å². The van der Waals surface area contributed by atoms with Gasteiger partial charge in [0.15, 0.2) is 0 Å². The van der Waals surface area contributed by atoms with Crippen molar-refractivity contribution < 1.29 is 14.9 Å². The molecule has 114 valence electrons. The van der Waals surface area contributed by atoms with E-state index in [4.69, 9.17) is 9.84 Å². The lowest BCUT2D eigenvalue weighted by Gasteiger charge is -2.13. The van der Waals surface area contributed by atoms with Gasteiger partial charge >= 0.3 is 0 Å². The Hall–Kier alpha value is -1.94. The summed E-state index contributed by atoms with van der Waals surface area (Å²) < 4.78 is 5.74. The summed E-state index contributed by atoms with van der Waals surface area (Å²) in [6.45, 7) is 0.708. The minimum atomic E-state index is -0.704. The lowest BCUT2D eigenvalue weighted by atomic mass is 9.97. The van der Waals surface area contributed by atoms with Crippen molar-refractivity contribution in [1.82, 2.24) is 0 Å². The Morgan fingerprint density at radius 2 is 1.50 bits per heavy atom. The third-order valence-corrected chi connectivity index (χ3v) is 3.94. The molecule has 3 heteroatoms. The molecule has 3 nitrogen and oxygen atoms in total. The van der Waals surface area contributed by atoms with Gasteiger partial charge in [-0.3, -0.25) is 0 Å². The van der Waals surface area contributed by atoms with Crippen LogP contribution in [0.4, 0.5) is 0 Å². The van der Waals surface area contributed by atoms with Gasteiger partial charge in [-0.15, -0.1) is 0 Å². The molecule has 0 bridgehead atoms. The van der Waals surface area contributed by atoms with Crippen molar-refractivity contribution >= 4 is 21.5 Å². The molecular formula is C19H20O3. The van der Waals surface area contributed by atoms with E-state index in [1.807, 2.05) is 24.3 Å². The fourth-order valence-electron chi connectivity index (χ4n) is 2.75. The van der Waals surface area contributed by atoms with Gasteiger partial charge in [0.05, 0.1) is 19.3 Å². The Kier molecular flexibility index (Phi) is 4.68. The number of aliphatic hydroxyl groups excluding tert-OH is 2. The van der Waals surface area contributed by atoms with Gasteiger partial charge in [-0.2, -0.15) is 0 Å². The Morgan fingerprint density at radius 3 is 2.09 bits per heavy atom. The van der Waals surface area contributed by atoms with Crippen LogP contribution in [0.3, 0.4) is 0 Å². The highest BCUT2D eigenvalue weighted by Gasteiger charge is 2.08. The van der Waals surface area contributed by atoms with E-state index in [0.717, 1.165) is 0 Å². The Balaban J connectivity index is 1.91. The number of hydrogen-bond donors (Lipinski definition) is 2. The van der Waals surface area contributed by atoms with E-state index in [9.17, 15) is 5.11 Å². The van der Waals surface area contributed by atoms with Gasteiger partial charge in [-0.25, -0.2) is 0 Å². The molecule has 3 rings (SSSR count). The van der Waals surface area contributed by atoms with E-state index in [2.05, 4.69) is 30.3 Å². The lowest BCUT2D eigenvalue weighted by molar-refractivity contribution is 0.0441. The maximum Gasteiger partial charge on any atom is 0.0792 e. The summed E-state index contributed by atoms with van der Waals surface area (Å²) in [6, 6.07) is 18.8. The molecule has 0 spiro atoms. The number of hydrogen-bond acceptors (Lipinski definition) is 3. The molecule has 0 saturated carbocycles. The summed E-state index contributed by atoms with van der Waals surface area (Å²) in [7, 11) is 0. The van der Waals surface area contributed by atoms with Gasteiger partial charge in [0.2, 0.25) is 0 Å². The first-order valence-electron chi connectivity index (χ1n) is 7.55. The standard InChI is InChI=1S/C19H20O3/c20-12-16(21)9-10-22-13-19-17-7-3-1-5-14(17)11-15-6-2-4-8-18(15)19/h1-8,11,16,20-21H,9-10,12-13H2/t16-/m0/s1. The van der Waals surface area contributed by atoms with Crippen LogP contribution in [0.25, 0.3) is 21.5 Å². The predicted molar refractivity (Wildman–Crippen MR) is 88.8 cm³/mol. The second-order valence-corrected chi connectivity index (χ2v) is 5.48. The zero-order valence-electron chi connectivity index (χ0n) is 12.4. The molecule has 3 aromatic rings. The van der Waals surface area contributed by atoms with Gasteiger partial charge in [-0.1, -0.05) is 48.5 Å². The van der Waals surface area contributed by atoms with E-state index >= 15 is 0 Å². The summed E-state index contributed by atoms with van der Waals surface area (Å²) in [5.41, 5.74) is 1.17. The second-order valence-electron chi connectivity index (χ2n) is 5.48. The summed E-state index contributed by atoms with van der Waals surface area (Å²) in [5, 5.41) is 23.0. The van der Waals surface area contributed by atoms with Gasteiger partial charge in [0.1, 0.15) is 0 Å². The Labute approximate surface area is 129 Å². The fourth-order valence-corrected chi connectivity index (χ4v) is 2.75. The molecule has 0 radical (unpaired) electrons. The minimum Gasteiger partial charge on any atom is -0.394 e. The average molecular weight is 296 g/mol. The molecule has 0 heterocycles. The molecule has 0 amide bonds. The fraction of sp³-hybridized carbons (Fsp3) is 0.263. The summed E-state index contributed by atoms with van der Waals surface area (Å²) >= 11 is 0. The van der Waals surface area contributed by atoms with Gasteiger partial charge < -0.3 is 14.9 Å². The van der Waals surface area contributed by atoms with Crippen molar-refractivity contribution in [2.24, 2.45) is 0 Å². The van der Waals surface area contributed by atoms with Crippen molar-refractivity contribution in [3.05, 3.63) is 60.2 Å². The molecule has 0 aromatic heterocycles. The van der Waals surface area contributed by atoms with Crippen LogP contribution in [0.1, 0.15) is 12.0 Å². The smallest absolute Gasteiger partial charge is 0.0792 e. The first-order valence-corrected chi connectivity index (χ1v) is 7.55. The van der Waals surface area contributed by atoms with Crippen LogP contribution < -0.4 is 0 Å². The van der Waals surface area contributed by atoms with Crippen LogP contribution in [0.15, 0.2) is 54.6 Å². The number of aliphatic hydroxyl groups is 2. The molecule has 0 unspecified atom stereocenters. The normalized spacial score (nSPS) is 12.8. The van der Waals surface area contributed by atoms with Gasteiger partial charge in [0.25, 0.3) is 0 Å². The Morgan fingerprint density at radius 1 is 0.909 bits per heavy atom. The largest absolute Gasteiger partial charge is 0.394 e. The maximum atomic E-state index is 9.37. The van der Waals surface area contributed by atoms with Gasteiger partial charge in [0, 0.05) is 6.61 Å². The highest BCUT2D eigenvalue weighted by atomic mass is 16.5. The van der Waals surface area contributed by atoms with Crippen LogP contribution in [0, 0.1) is 0 Å². The number of benzene rings is 3. The summed E-state index contributed by atoms with van der Waals surface area (Å²) in [6.07, 6.45) is -0.261. The maximum absolute atomic E-state index is 9.37. The second kappa shape index (κ2) is 6.88. The molecule has 0 fully saturated rings. The highest BCUT2D eigenvalue weighted by molar-refractivity contribution is 6.02. The molecule has 2 N–H and O–H groups in total.